The summed E-state index contributed by atoms with van der Waals surface area (Å²) < 4.78 is 5.96. The Balaban J connectivity index is 2.11. The Morgan fingerprint density at radius 3 is 2.58 bits per heavy atom. The molecule has 0 saturated heterocycles. The second-order valence-corrected chi connectivity index (χ2v) is 6.50. The number of unbranched alkanes of at least 4 members (excludes halogenated alkanes) is 5. The molecular weight excluding hydrogens is 278 g/mol. The number of carbonyl (C=O) groups is 1. The van der Waals surface area contributed by atoms with Crippen molar-refractivity contribution in [3.8, 4) is 0 Å². The van der Waals surface area contributed by atoms with E-state index in [9.17, 15) is 4.79 Å². The summed E-state index contributed by atoms with van der Waals surface area (Å²) in [7, 11) is 0. The molecule has 0 fully saturated rings. The Hall–Kier alpha value is -0.680. The Labute approximate surface area is 124 Å². The SMILES string of the molecule is CCCCCCCCOC(=O)Cc1sc(=S)[nH]c1C. The maximum absolute atomic E-state index is 11.6. The summed E-state index contributed by atoms with van der Waals surface area (Å²) in [6.45, 7) is 4.68. The number of H-pyrrole nitrogens is 1. The maximum Gasteiger partial charge on any atom is 0.311 e. The first-order valence-electron chi connectivity index (χ1n) is 6.97. The zero-order valence-corrected chi connectivity index (χ0v) is 13.4. The zero-order valence-electron chi connectivity index (χ0n) is 11.8. The monoisotopic (exact) mass is 301 g/mol. The number of hydrogen-bond acceptors (Lipinski definition) is 4. The molecule has 3 nitrogen and oxygen atoms in total. The molecule has 0 aliphatic rings. The van der Waals surface area contributed by atoms with E-state index in [-0.39, 0.29) is 5.97 Å². The van der Waals surface area contributed by atoms with Crippen molar-refractivity contribution in [1.82, 2.24) is 4.98 Å². The predicted molar refractivity (Wildman–Crippen MR) is 82.3 cm³/mol. The van der Waals surface area contributed by atoms with E-state index in [0.717, 1.165) is 27.4 Å². The van der Waals surface area contributed by atoms with Gasteiger partial charge in [-0.1, -0.05) is 39.0 Å². The minimum atomic E-state index is -0.151. The highest BCUT2D eigenvalue weighted by Gasteiger charge is 2.09. The van der Waals surface area contributed by atoms with E-state index in [2.05, 4.69) is 11.9 Å². The number of carbonyl (C=O) groups excluding carboxylic acids is 1. The predicted octanol–water partition coefficient (Wildman–Crippen LogP) is 4.56. The zero-order chi connectivity index (χ0) is 14.1. The van der Waals surface area contributed by atoms with Crippen molar-refractivity contribution in [2.45, 2.75) is 58.8 Å². The number of aromatic nitrogens is 1. The van der Waals surface area contributed by atoms with Gasteiger partial charge < -0.3 is 9.72 Å². The van der Waals surface area contributed by atoms with Crippen LogP contribution in [0.4, 0.5) is 0 Å². The highest BCUT2D eigenvalue weighted by atomic mass is 32.1. The van der Waals surface area contributed by atoms with Gasteiger partial charge in [0.25, 0.3) is 0 Å². The van der Waals surface area contributed by atoms with Crippen molar-refractivity contribution in [3.63, 3.8) is 0 Å². The van der Waals surface area contributed by atoms with Crippen molar-refractivity contribution in [3.05, 3.63) is 14.5 Å². The lowest BCUT2D eigenvalue weighted by Gasteiger charge is -2.04. The quantitative estimate of drug-likeness (QED) is 0.413. The molecule has 5 heteroatoms. The standard InChI is InChI=1S/C14H23NO2S2/c1-3-4-5-6-7-8-9-17-13(16)10-12-11(2)15-14(18)19-12/h3-10H2,1-2H3,(H,15,18). The van der Waals surface area contributed by atoms with Gasteiger partial charge in [0.1, 0.15) is 0 Å². The molecule has 19 heavy (non-hydrogen) atoms. The Bertz CT molecular complexity index is 437. The van der Waals surface area contributed by atoms with E-state index < -0.39 is 0 Å². The van der Waals surface area contributed by atoms with Crippen LogP contribution in [0.5, 0.6) is 0 Å². The largest absolute Gasteiger partial charge is 0.465 e. The van der Waals surface area contributed by atoms with E-state index >= 15 is 0 Å². The van der Waals surface area contributed by atoms with Crippen LogP contribution >= 0.6 is 23.6 Å². The smallest absolute Gasteiger partial charge is 0.311 e. The van der Waals surface area contributed by atoms with Crippen molar-refractivity contribution in [2.24, 2.45) is 0 Å². The number of thiazole rings is 1. The Kier molecular flexibility index (Phi) is 7.98. The third-order valence-corrected chi connectivity index (χ3v) is 4.33. The fraction of sp³-hybridized carbons (Fsp3) is 0.714. The van der Waals surface area contributed by atoms with Crippen molar-refractivity contribution in [1.29, 1.82) is 0 Å². The van der Waals surface area contributed by atoms with Gasteiger partial charge in [-0.05, 0) is 25.6 Å². The lowest BCUT2D eigenvalue weighted by molar-refractivity contribution is -0.142. The average molecular weight is 301 g/mol. The first-order valence-corrected chi connectivity index (χ1v) is 8.20. The molecule has 0 radical (unpaired) electrons. The molecule has 1 N–H and O–H groups in total. The molecule has 0 atom stereocenters. The minimum absolute atomic E-state index is 0.151. The fourth-order valence-corrected chi connectivity index (χ4v) is 3.13. The van der Waals surface area contributed by atoms with E-state index in [1.54, 1.807) is 0 Å². The number of hydrogen-bond donors (Lipinski definition) is 1. The lowest BCUT2D eigenvalue weighted by Crippen LogP contribution is -2.08. The first kappa shape index (κ1) is 16.4. The Morgan fingerprint density at radius 2 is 1.95 bits per heavy atom. The molecule has 0 spiro atoms. The van der Waals surface area contributed by atoms with Crippen LogP contribution in [0.1, 0.15) is 56.0 Å². The number of ether oxygens (including phenoxy) is 1. The molecule has 0 bridgehead atoms. The molecular formula is C14H23NO2S2. The van der Waals surface area contributed by atoms with E-state index in [4.69, 9.17) is 17.0 Å². The van der Waals surface area contributed by atoms with Gasteiger partial charge in [-0.25, -0.2) is 0 Å². The first-order chi connectivity index (χ1) is 9.13. The third-order valence-electron chi connectivity index (χ3n) is 2.99. The Morgan fingerprint density at radius 1 is 1.26 bits per heavy atom. The van der Waals surface area contributed by atoms with Crippen LogP contribution in [0.25, 0.3) is 0 Å². The van der Waals surface area contributed by atoms with E-state index in [1.807, 2.05) is 6.92 Å². The molecule has 0 unspecified atom stereocenters. The summed E-state index contributed by atoms with van der Waals surface area (Å²) in [5.41, 5.74) is 0.978. The number of rotatable bonds is 9. The van der Waals surface area contributed by atoms with Crippen LogP contribution in [0.2, 0.25) is 0 Å². The van der Waals surface area contributed by atoms with Gasteiger partial charge >= 0.3 is 5.97 Å². The molecule has 1 aromatic heterocycles. The number of nitrogens with one attached hydrogen (secondary N) is 1. The summed E-state index contributed by atoms with van der Waals surface area (Å²) in [5, 5.41) is 0. The van der Waals surface area contributed by atoms with Crippen molar-refractivity contribution in [2.75, 3.05) is 6.61 Å². The maximum atomic E-state index is 11.6. The molecule has 0 aliphatic carbocycles. The molecule has 1 rings (SSSR count). The average Bonchev–Trinajstić information content (AvgIpc) is 2.66. The second-order valence-electron chi connectivity index (χ2n) is 4.73. The number of aromatic amines is 1. The highest BCUT2D eigenvalue weighted by molar-refractivity contribution is 7.73. The number of aryl methyl sites for hydroxylation is 1. The summed E-state index contributed by atoms with van der Waals surface area (Å²) in [6, 6.07) is 0. The molecule has 1 aromatic rings. The molecule has 0 saturated carbocycles. The topological polar surface area (TPSA) is 42.1 Å². The van der Waals surface area contributed by atoms with Crippen LogP contribution in [-0.2, 0) is 16.0 Å². The molecule has 0 aliphatic heterocycles. The van der Waals surface area contributed by atoms with Crippen molar-refractivity contribution < 1.29 is 9.53 Å². The summed E-state index contributed by atoms with van der Waals surface area (Å²) in [4.78, 5) is 15.7. The van der Waals surface area contributed by atoms with E-state index in [0.29, 0.717) is 13.0 Å². The normalized spacial score (nSPS) is 10.6. The summed E-state index contributed by atoms with van der Waals surface area (Å²) in [5.74, 6) is -0.151. The molecule has 1 heterocycles. The molecule has 108 valence electrons. The highest BCUT2D eigenvalue weighted by Crippen LogP contribution is 2.15. The van der Waals surface area contributed by atoms with Gasteiger partial charge in [-0.15, -0.1) is 11.3 Å². The fourth-order valence-electron chi connectivity index (χ4n) is 1.86. The second kappa shape index (κ2) is 9.26. The van der Waals surface area contributed by atoms with Gasteiger partial charge in [-0.2, -0.15) is 0 Å². The van der Waals surface area contributed by atoms with E-state index in [1.165, 1.54) is 37.0 Å². The van der Waals surface area contributed by atoms with Crippen molar-refractivity contribution >= 4 is 29.5 Å². The molecule has 0 aromatic carbocycles. The number of esters is 1. The van der Waals surface area contributed by atoms with Crippen LogP contribution in [0.3, 0.4) is 0 Å². The van der Waals surface area contributed by atoms with Crippen LogP contribution in [0, 0.1) is 10.9 Å². The third kappa shape index (κ3) is 6.87. The molecule has 0 amide bonds. The summed E-state index contributed by atoms with van der Waals surface area (Å²) >= 11 is 6.49. The minimum Gasteiger partial charge on any atom is -0.465 e. The van der Waals surface area contributed by atoms with Gasteiger partial charge in [0.15, 0.2) is 3.95 Å². The lowest BCUT2D eigenvalue weighted by atomic mass is 10.1. The summed E-state index contributed by atoms with van der Waals surface area (Å²) in [6.07, 6.45) is 7.54. The van der Waals surface area contributed by atoms with Gasteiger partial charge in [-0.3, -0.25) is 4.79 Å². The van der Waals surface area contributed by atoms with Crippen LogP contribution < -0.4 is 0 Å². The van der Waals surface area contributed by atoms with Crippen LogP contribution in [0.15, 0.2) is 0 Å². The van der Waals surface area contributed by atoms with Gasteiger partial charge in [0.2, 0.25) is 0 Å². The van der Waals surface area contributed by atoms with Gasteiger partial charge in [0, 0.05) is 10.6 Å². The van der Waals surface area contributed by atoms with Gasteiger partial charge in [0.05, 0.1) is 13.0 Å². The van der Waals surface area contributed by atoms with Crippen LogP contribution in [-0.4, -0.2) is 17.6 Å².